The maximum atomic E-state index is 12.1. The number of methoxy groups -OCH3 is 1. The van der Waals surface area contributed by atoms with Crippen LogP contribution in [0.4, 0.5) is 5.69 Å². The van der Waals surface area contributed by atoms with Crippen molar-refractivity contribution in [1.82, 2.24) is 4.98 Å². The number of carbonyl (C=O) groups is 1. The van der Waals surface area contributed by atoms with E-state index in [1.165, 1.54) is 11.3 Å². The monoisotopic (exact) mass is 277 g/mol. The van der Waals surface area contributed by atoms with E-state index < -0.39 is 0 Å². The zero-order valence-corrected chi connectivity index (χ0v) is 11.4. The predicted octanol–water partition coefficient (Wildman–Crippen LogP) is 2.00. The number of thiazole rings is 1. The number of anilines is 1. The van der Waals surface area contributed by atoms with Crippen molar-refractivity contribution < 1.29 is 9.53 Å². The maximum absolute atomic E-state index is 12.1. The van der Waals surface area contributed by atoms with Crippen LogP contribution in [-0.2, 0) is 17.9 Å². The van der Waals surface area contributed by atoms with Crippen molar-refractivity contribution in [3.63, 3.8) is 0 Å². The lowest BCUT2D eigenvalue weighted by atomic mass is 10.2. The number of para-hydroxylation sites is 1. The van der Waals surface area contributed by atoms with E-state index in [0.717, 1.165) is 16.3 Å². The summed E-state index contributed by atoms with van der Waals surface area (Å²) in [6.07, 6.45) is 0. The summed E-state index contributed by atoms with van der Waals surface area (Å²) in [5.41, 5.74) is 7.52. The fraction of sp³-hybridized carbons (Fsp3) is 0.231. The molecule has 1 aromatic carbocycles. The number of aromatic nitrogens is 1. The summed E-state index contributed by atoms with van der Waals surface area (Å²) in [4.78, 5) is 16.2. The van der Waals surface area contributed by atoms with Crippen molar-refractivity contribution in [3.8, 4) is 0 Å². The number of ether oxygens (including phenoxy) is 1. The van der Waals surface area contributed by atoms with E-state index in [9.17, 15) is 4.79 Å². The van der Waals surface area contributed by atoms with E-state index in [0.29, 0.717) is 18.8 Å². The van der Waals surface area contributed by atoms with Crippen molar-refractivity contribution in [2.75, 3.05) is 12.4 Å². The van der Waals surface area contributed by atoms with E-state index in [4.69, 9.17) is 10.5 Å². The minimum Gasteiger partial charge on any atom is -0.380 e. The molecule has 0 bridgehead atoms. The molecule has 3 N–H and O–H groups in total. The van der Waals surface area contributed by atoms with E-state index in [2.05, 4.69) is 10.3 Å². The highest BCUT2D eigenvalue weighted by molar-refractivity contribution is 7.09. The van der Waals surface area contributed by atoms with Gasteiger partial charge in [-0.25, -0.2) is 4.98 Å². The van der Waals surface area contributed by atoms with Crippen LogP contribution in [0.15, 0.2) is 29.6 Å². The van der Waals surface area contributed by atoms with E-state index in [-0.39, 0.29) is 5.91 Å². The van der Waals surface area contributed by atoms with Crippen LogP contribution in [0, 0.1) is 0 Å². The normalized spacial score (nSPS) is 10.4. The van der Waals surface area contributed by atoms with Gasteiger partial charge in [0, 0.05) is 30.3 Å². The standard InChI is InChI=1S/C13H15N3O2S/c1-18-7-9-4-2-3-5-10(9)16-13(17)11-8-19-12(6-14)15-11/h2-5,8H,6-7,14H2,1H3,(H,16,17). The van der Waals surface area contributed by atoms with Gasteiger partial charge >= 0.3 is 0 Å². The quantitative estimate of drug-likeness (QED) is 0.876. The number of nitrogens with one attached hydrogen (secondary N) is 1. The Bertz CT molecular complexity index is 569. The number of nitrogens with zero attached hydrogens (tertiary/aromatic N) is 1. The first kappa shape index (κ1) is 13.7. The molecule has 2 rings (SSSR count). The number of amides is 1. The Kier molecular flexibility index (Phi) is 4.62. The molecule has 0 aliphatic carbocycles. The summed E-state index contributed by atoms with van der Waals surface area (Å²) in [6, 6.07) is 7.51. The lowest BCUT2D eigenvalue weighted by Crippen LogP contribution is -2.14. The maximum Gasteiger partial charge on any atom is 0.275 e. The zero-order chi connectivity index (χ0) is 13.7. The minimum atomic E-state index is -0.237. The fourth-order valence-electron chi connectivity index (χ4n) is 1.62. The lowest BCUT2D eigenvalue weighted by Gasteiger charge is -2.09. The molecule has 0 spiro atoms. The van der Waals surface area contributed by atoms with Gasteiger partial charge < -0.3 is 15.8 Å². The highest BCUT2D eigenvalue weighted by Gasteiger charge is 2.12. The highest BCUT2D eigenvalue weighted by atomic mass is 32.1. The van der Waals surface area contributed by atoms with Gasteiger partial charge in [0.15, 0.2) is 0 Å². The molecule has 0 aliphatic rings. The Balaban J connectivity index is 2.14. The third kappa shape index (κ3) is 3.37. The Hall–Kier alpha value is -1.76. The van der Waals surface area contributed by atoms with Crippen LogP contribution in [0.3, 0.4) is 0 Å². The first-order valence-electron chi connectivity index (χ1n) is 5.77. The molecular formula is C13H15N3O2S. The Morgan fingerprint density at radius 3 is 2.95 bits per heavy atom. The molecule has 0 atom stereocenters. The molecule has 0 aliphatic heterocycles. The van der Waals surface area contributed by atoms with Crippen LogP contribution >= 0.6 is 11.3 Å². The molecule has 0 saturated heterocycles. The van der Waals surface area contributed by atoms with Gasteiger partial charge in [0.05, 0.1) is 6.61 Å². The number of rotatable bonds is 5. The minimum absolute atomic E-state index is 0.237. The van der Waals surface area contributed by atoms with Crippen molar-refractivity contribution in [3.05, 3.63) is 45.9 Å². The van der Waals surface area contributed by atoms with Crippen LogP contribution < -0.4 is 11.1 Å². The molecule has 19 heavy (non-hydrogen) atoms. The van der Waals surface area contributed by atoms with Gasteiger partial charge in [-0.2, -0.15) is 0 Å². The summed E-state index contributed by atoms with van der Waals surface area (Å²) in [6.45, 7) is 0.791. The molecule has 100 valence electrons. The van der Waals surface area contributed by atoms with E-state index in [1.807, 2.05) is 24.3 Å². The molecular weight excluding hydrogens is 262 g/mol. The van der Waals surface area contributed by atoms with Gasteiger partial charge in [-0.3, -0.25) is 4.79 Å². The number of benzene rings is 1. The van der Waals surface area contributed by atoms with Gasteiger partial charge in [0.1, 0.15) is 10.7 Å². The largest absolute Gasteiger partial charge is 0.380 e. The predicted molar refractivity (Wildman–Crippen MR) is 75.1 cm³/mol. The summed E-state index contributed by atoms with van der Waals surface area (Å²) in [5, 5.41) is 5.28. The van der Waals surface area contributed by atoms with Crippen molar-refractivity contribution in [1.29, 1.82) is 0 Å². The summed E-state index contributed by atoms with van der Waals surface area (Å²) in [7, 11) is 1.62. The third-order valence-electron chi connectivity index (χ3n) is 2.52. The summed E-state index contributed by atoms with van der Waals surface area (Å²) in [5.74, 6) is -0.237. The van der Waals surface area contributed by atoms with Crippen molar-refractivity contribution in [2.24, 2.45) is 5.73 Å². The van der Waals surface area contributed by atoms with Gasteiger partial charge in [-0.1, -0.05) is 18.2 Å². The van der Waals surface area contributed by atoms with Crippen molar-refractivity contribution >= 4 is 22.9 Å². The molecule has 2 aromatic rings. The smallest absolute Gasteiger partial charge is 0.275 e. The van der Waals surface area contributed by atoms with Crippen molar-refractivity contribution in [2.45, 2.75) is 13.2 Å². The highest BCUT2D eigenvalue weighted by Crippen LogP contribution is 2.17. The van der Waals surface area contributed by atoms with E-state index in [1.54, 1.807) is 12.5 Å². The fourth-order valence-corrected chi connectivity index (χ4v) is 2.27. The second-order valence-electron chi connectivity index (χ2n) is 3.87. The second-order valence-corrected chi connectivity index (χ2v) is 4.82. The van der Waals surface area contributed by atoms with Crippen LogP contribution in [0.5, 0.6) is 0 Å². The third-order valence-corrected chi connectivity index (χ3v) is 3.40. The van der Waals surface area contributed by atoms with Gasteiger partial charge in [0.25, 0.3) is 5.91 Å². The molecule has 6 heteroatoms. The first-order valence-corrected chi connectivity index (χ1v) is 6.65. The summed E-state index contributed by atoms with van der Waals surface area (Å²) < 4.78 is 5.10. The topological polar surface area (TPSA) is 77.2 Å². The van der Waals surface area contributed by atoms with Crippen LogP contribution in [0.25, 0.3) is 0 Å². The van der Waals surface area contributed by atoms with Crippen LogP contribution in [0.2, 0.25) is 0 Å². The molecule has 0 saturated carbocycles. The molecule has 1 amide bonds. The molecule has 5 nitrogen and oxygen atoms in total. The van der Waals surface area contributed by atoms with Crippen LogP contribution in [-0.4, -0.2) is 18.0 Å². The molecule has 1 heterocycles. The Morgan fingerprint density at radius 1 is 1.47 bits per heavy atom. The average molecular weight is 277 g/mol. The number of nitrogens with two attached hydrogens (primary N) is 1. The number of hydrogen-bond donors (Lipinski definition) is 2. The van der Waals surface area contributed by atoms with Gasteiger partial charge in [-0.05, 0) is 6.07 Å². The second kappa shape index (κ2) is 6.42. The van der Waals surface area contributed by atoms with Crippen LogP contribution in [0.1, 0.15) is 21.1 Å². The van der Waals surface area contributed by atoms with E-state index >= 15 is 0 Å². The number of carbonyl (C=O) groups excluding carboxylic acids is 1. The molecule has 0 radical (unpaired) electrons. The number of hydrogen-bond acceptors (Lipinski definition) is 5. The molecule has 0 fully saturated rings. The van der Waals surface area contributed by atoms with Gasteiger partial charge in [0.2, 0.25) is 0 Å². The lowest BCUT2D eigenvalue weighted by molar-refractivity contribution is 0.102. The Labute approximate surface area is 115 Å². The molecule has 1 aromatic heterocycles. The first-order chi connectivity index (χ1) is 9.24. The Morgan fingerprint density at radius 2 is 2.26 bits per heavy atom. The average Bonchev–Trinajstić information content (AvgIpc) is 2.90. The summed E-state index contributed by atoms with van der Waals surface area (Å²) >= 11 is 1.38. The van der Waals surface area contributed by atoms with Gasteiger partial charge in [-0.15, -0.1) is 11.3 Å². The SMILES string of the molecule is COCc1ccccc1NC(=O)c1csc(CN)n1. The molecule has 0 unspecified atom stereocenters. The zero-order valence-electron chi connectivity index (χ0n) is 10.6.